The number of halogens is 1. The van der Waals surface area contributed by atoms with Crippen LogP contribution in [0.2, 0.25) is 0 Å². The number of anilines is 1. The van der Waals surface area contributed by atoms with Gasteiger partial charge in [-0.3, -0.25) is 19.7 Å². The quantitative estimate of drug-likeness (QED) is 0.673. The van der Waals surface area contributed by atoms with E-state index in [1.54, 1.807) is 6.92 Å². The number of likely N-dealkylation sites (tertiary alicyclic amines) is 1. The minimum absolute atomic E-state index is 0.0657. The van der Waals surface area contributed by atoms with Crippen molar-refractivity contribution in [3.8, 4) is 0 Å². The van der Waals surface area contributed by atoms with Crippen LogP contribution in [-0.2, 0) is 9.59 Å². The van der Waals surface area contributed by atoms with Crippen molar-refractivity contribution in [2.45, 2.75) is 13.3 Å². The van der Waals surface area contributed by atoms with E-state index < -0.39 is 22.6 Å². The van der Waals surface area contributed by atoms with E-state index in [0.29, 0.717) is 6.54 Å². The minimum Gasteiger partial charge on any atom is -0.342 e. The number of carbonyl (C=O) groups excluding carboxylic acids is 2. The summed E-state index contributed by atoms with van der Waals surface area (Å²) in [6.07, 6.45) is 0.0657. The highest BCUT2D eigenvalue weighted by Crippen LogP contribution is 2.24. The van der Waals surface area contributed by atoms with Gasteiger partial charge in [0.2, 0.25) is 11.8 Å². The van der Waals surface area contributed by atoms with Crippen molar-refractivity contribution in [3.05, 3.63) is 34.1 Å². The Morgan fingerprint density at radius 2 is 2.29 bits per heavy atom. The van der Waals surface area contributed by atoms with Gasteiger partial charge < -0.3 is 10.2 Å². The maximum Gasteiger partial charge on any atom is 0.271 e. The van der Waals surface area contributed by atoms with Gasteiger partial charge in [-0.2, -0.15) is 0 Å². The van der Waals surface area contributed by atoms with Crippen LogP contribution in [0.3, 0.4) is 0 Å². The first-order chi connectivity index (χ1) is 9.92. The van der Waals surface area contributed by atoms with E-state index in [4.69, 9.17) is 0 Å². The Balaban J connectivity index is 2.11. The van der Waals surface area contributed by atoms with Crippen LogP contribution >= 0.6 is 0 Å². The molecule has 1 N–H and O–H groups in total. The van der Waals surface area contributed by atoms with Crippen LogP contribution < -0.4 is 5.32 Å². The second-order valence-electron chi connectivity index (χ2n) is 4.74. The Bertz CT molecular complexity index is 605. The van der Waals surface area contributed by atoms with Gasteiger partial charge in [0.25, 0.3) is 5.69 Å². The lowest BCUT2D eigenvalue weighted by molar-refractivity contribution is -0.384. The fourth-order valence-corrected chi connectivity index (χ4v) is 2.21. The topological polar surface area (TPSA) is 92.6 Å². The Labute approximate surface area is 119 Å². The molecule has 0 spiro atoms. The third kappa shape index (κ3) is 3.15. The van der Waals surface area contributed by atoms with Crippen LogP contribution in [0, 0.1) is 21.8 Å². The van der Waals surface area contributed by atoms with Crippen LogP contribution in [0.4, 0.5) is 15.8 Å². The van der Waals surface area contributed by atoms with E-state index in [9.17, 15) is 24.1 Å². The molecule has 1 atom stereocenters. The maximum absolute atomic E-state index is 13.6. The lowest BCUT2D eigenvalue weighted by atomic mass is 10.1. The second kappa shape index (κ2) is 5.86. The Kier molecular flexibility index (Phi) is 4.15. The molecule has 112 valence electrons. The van der Waals surface area contributed by atoms with E-state index in [2.05, 4.69) is 5.32 Å². The molecule has 2 rings (SSSR count). The van der Waals surface area contributed by atoms with Gasteiger partial charge in [-0.05, 0) is 13.0 Å². The number of nitrogens with one attached hydrogen (secondary N) is 1. The number of rotatable bonds is 4. The number of hydrogen-bond donors (Lipinski definition) is 1. The molecule has 1 heterocycles. The fraction of sp³-hybridized carbons (Fsp3) is 0.385. The lowest BCUT2D eigenvalue weighted by Crippen LogP contribution is -2.28. The summed E-state index contributed by atoms with van der Waals surface area (Å²) in [5.41, 5.74) is -0.569. The van der Waals surface area contributed by atoms with Gasteiger partial charge in [-0.25, -0.2) is 4.39 Å². The predicted molar refractivity (Wildman–Crippen MR) is 72.0 cm³/mol. The van der Waals surface area contributed by atoms with Gasteiger partial charge in [0.05, 0.1) is 16.5 Å². The van der Waals surface area contributed by atoms with E-state index in [-0.39, 0.29) is 30.2 Å². The first-order valence-corrected chi connectivity index (χ1v) is 6.45. The summed E-state index contributed by atoms with van der Waals surface area (Å²) in [7, 11) is 0. The average Bonchev–Trinajstić information content (AvgIpc) is 2.82. The van der Waals surface area contributed by atoms with Crippen molar-refractivity contribution in [1.29, 1.82) is 0 Å². The lowest BCUT2D eigenvalue weighted by Gasteiger charge is -2.13. The third-order valence-corrected chi connectivity index (χ3v) is 3.39. The van der Waals surface area contributed by atoms with E-state index in [1.807, 2.05) is 0 Å². The largest absolute Gasteiger partial charge is 0.342 e. The summed E-state index contributed by atoms with van der Waals surface area (Å²) in [5.74, 6) is -1.97. The van der Waals surface area contributed by atoms with Crippen molar-refractivity contribution >= 4 is 23.2 Å². The van der Waals surface area contributed by atoms with Gasteiger partial charge in [0.15, 0.2) is 0 Å². The molecule has 21 heavy (non-hydrogen) atoms. The van der Waals surface area contributed by atoms with Crippen molar-refractivity contribution in [1.82, 2.24) is 4.90 Å². The van der Waals surface area contributed by atoms with Gasteiger partial charge in [-0.1, -0.05) is 0 Å². The molecular formula is C13H14FN3O4. The number of non-ortho nitro benzene ring substituents is 1. The normalized spacial score (nSPS) is 17.9. The number of nitro benzene ring substituents is 1. The summed E-state index contributed by atoms with van der Waals surface area (Å²) in [6, 6.07) is 2.90. The van der Waals surface area contributed by atoms with Gasteiger partial charge >= 0.3 is 0 Å². The van der Waals surface area contributed by atoms with Crippen LogP contribution in [0.25, 0.3) is 0 Å². The summed E-state index contributed by atoms with van der Waals surface area (Å²) >= 11 is 0. The summed E-state index contributed by atoms with van der Waals surface area (Å²) in [4.78, 5) is 35.1. The molecule has 0 aromatic heterocycles. The molecular weight excluding hydrogens is 281 g/mol. The third-order valence-electron chi connectivity index (χ3n) is 3.39. The Hall–Kier alpha value is -2.51. The van der Waals surface area contributed by atoms with Crippen molar-refractivity contribution < 1.29 is 18.9 Å². The summed E-state index contributed by atoms with van der Waals surface area (Å²) < 4.78 is 13.6. The van der Waals surface area contributed by atoms with Crippen molar-refractivity contribution in [2.75, 3.05) is 18.4 Å². The zero-order chi connectivity index (χ0) is 15.6. The standard InChI is InChI=1S/C13H14FN3O4/c1-2-16-7-8(5-12(16)18)13(19)15-11-6-9(17(20)21)3-4-10(11)14/h3-4,6,8H,2,5,7H2,1H3,(H,15,19). The van der Waals surface area contributed by atoms with E-state index in [0.717, 1.165) is 18.2 Å². The number of benzene rings is 1. The van der Waals surface area contributed by atoms with Crippen molar-refractivity contribution in [2.24, 2.45) is 5.92 Å². The van der Waals surface area contributed by atoms with Crippen LogP contribution in [-0.4, -0.2) is 34.7 Å². The summed E-state index contributed by atoms with van der Waals surface area (Å²) in [5, 5.41) is 13.0. The first kappa shape index (κ1) is 14.9. The fourth-order valence-electron chi connectivity index (χ4n) is 2.21. The Morgan fingerprint density at radius 3 is 2.86 bits per heavy atom. The molecule has 1 fully saturated rings. The van der Waals surface area contributed by atoms with Crippen LogP contribution in [0.5, 0.6) is 0 Å². The SMILES string of the molecule is CCN1CC(C(=O)Nc2cc([N+](=O)[O-])ccc2F)CC1=O. The van der Waals surface area contributed by atoms with Gasteiger partial charge in [0, 0.05) is 31.6 Å². The Morgan fingerprint density at radius 1 is 1.57 bits per heavy atom. The highest BCUT2D eigenvalue weighted by atomic mass is 19.1. The van der Waals surface area contributed by atoms with Crippen LogP contribution in [0.1, 0.15) is 13.3 Å². The number of amides is 2. The zero-order valence-corrected chi connectivity index (χ0v) is 11.3. The number of hydrogen-bond acceptors (Lipinski definition) is 4. The minimum atomic E-state index is -0.759. The zero-order valence-electron chi connectivity index (χ0n) is 11.3. The molecule has 1 aromatic rings. The van der Waals surface area contributed by atoms with Gasteiger partial charge in [-0.15, -0.1) is 0 Å². The molecule has 0 aliphatic carbocycles. The first-order valence-electron chi connectivity index (χ1n) is 6.45. The highest BCUT2D eigenvalue weighted by molar-refractivity contribution is 5.97. The molecule has 2 amide bonds. The molecule has 0 saturated carbocycles. The molecule has 8 heteroatoms. The molecule has 0 bridgehead atoms. The number of nitrogens with zero attached hydrogens (tertiary/aromatic N) is 2. The number of carbonyl (C=O) groups is 2. The average molecular weight is 295 g/mol. The highest BCUT2D eigenvalue weighted by Gasteiger charge is 2.33. The molecule has 1 unspecified atom stereocenters. The van der Waals surface area contributed by atoms with Crippen molar-refractivity contribution in [3.63, 3.8) is 0 Å². The maximum atomic E-state index is 13.6. The van der Waals surface area contributed by atoms with E-state index >= 15 is 0 Å². The number of nitro groups is 1. The van der Waals surface area contributed by atoms with E-state index in [1.165, 1.54) is 4.90 Å². The molecule has 1 aromatic carbocycles. The monoisotopic (exact) mass is 295 g/mol. The molecule has 7 nitrogen and oxygen atoms in total. The molecule has 1 aliphatic heterocycles. The van der Waals surface area contributed by atoms with Gasteiger partial charge in [0.1, 0.15) is 5.82 Å². The molecule has 1 aliphatic rings. The summed E-state index contributed by atoms with van der Waals surface area (Å²) in [6.45, 7) is 2.59. The second-order valence-corrected chi connectivity index (χ2v) is 4.74. The smallest absolute Gasteiger partial charge is 0.271 e. The predicted octanol–water partition coefficient (Wildman–Crippen LogP) is 1.54. The van der Waals surface area contributed by atoms with Crippen LogP contribution in [0.15, 0.2) is 18.2 Å². The molecule has 0 radical (unpaired) electrons. The molecule has 1 saturated heterocycles.